The molecule has 0 bridgehead atoms. The number of fused-ring (bicyclic) bond motifs is 2. The molecule has 0 saturated heterocycles. The first kappa shape index (κ1) is 11.3. The number of hydrogen-bond acceptors (Lipinski definition) is 5. The average molecular weight is 263 g/mol. The van der Waals surface area contributed by atoms with Crippen LogP contribution < -0.4 is 4.90 Å². The molecule has 1 aliphatic heterocycles. The number of anilines is 1. The summed E-state index contributed by atoms with van der Waals surface area (Å²) in [5.41, 5.74) is 4.20. The molecule has 0 N–H and O–H groups in total. The molecule has 98 valence electrons. The van der Waals surface area contributed by atoms with Gasteiger partial charge in [0.1, 0.15) is 6.33 Å². The van der Waals surface area contributed by atoms with Gasteiger partial charge >= 0.3 is 0 Å². The normalized spacial score (nSPS) is 14.3. The molecule has 0 saturated carbocycles. The molecule has 0 spiro atoms. The fourth-order valence-electron chi connectivity index (χ4n) is 2.69. The molecule has 1 aliphatic rings. The van der Waals surface area contributed by atoms with Crippen LogP contribution >= 0.6 is 0 Å². The minimum atomic E-state index is 0.649. The Labute approximate surface area is 116 Å². The topological polar surface area (TPSA) is 54.8 Å². The summed E-state index contributed by atoms with van der Waals surface area (Å²) >= 11 is 0. The Morgan fingerprint density at radius 2 is 1.75 bits per heavy atom. The highest BCUT2D eigenvalue weighted by Gasteiger charge is 2.19. The molecule has 0 fully saturated rings. The van der Waals surface area contributed by atoms with Gasteiger partial charge in [0.05, 0.1) is 0 Å². The number of benzene rings is 1. The SMILES string of the molecule is c1ccc2c(c1)CCN(c1ncnc3nccnc13)C2. The minimum Gasteiger partial charge on any atom is -0.350 e. The second kappa shape index (κ2) is 4.52. The zero-order valence-corrected chi connectivity index (χ0v) is 10.9. The van der Waals surface area contributed by atoms with E-state index in [2.05, 4.69) is 49.1 Å². The lowest BCUT2D eigenvalue weighted by Crippen LogP contribution is -2.31. The van der Waals surface area contributed by atoms with Crippen molar-refractivity contribution in [2.24, 2.45) is 0 Å². The van der Waals surface area contributed by atoms with Crippen molar-refractivity contribution in [3.63, 3.8) is 0 Å². The van der Waals surface area contributed by atoms with Crippen LogP contribution in [0.3, 0.4) is 0 Å². The van der Waals surface area contributed by atoms with Crippen LogP contribution in [0.5, 0.6) is 0 Å². The Bertz CT molecular complexity index is 766. The van der Waals surface area contributed by atoms with Gasteiger partial charge in [-0.25, -0.2) is 19.9 Å². The van der Waals surface area contributed by atoms with Crippen LogP contribution in [0.25, 0.3) is 11.2 Å². The van der Waals surface area contributed by atoms with Crippen LogP contribution in [-0.4, -0.2) is 26.5 Å². The lowest BCUT2D eigenvalue weighted by Gasteiger charge is -2.29. The van der Waals surface area contributed by atoms with Gasteiger partial charge in [-0.1, -0.05) is 24.3 Å². The Morgan fingerprint density at radius 1 is 0.900 bits per heavy atom. The summed E-state index contributed by atoms with van der Waals surface area (Å²) in [5, 5.41) is 0. The van der Waals surface area contributed by atoms with Crippen molar-refractivity contribution in [1.82, 2.24) is 19.9 Å². The van der Waals surface area contributed by atoms with E-state index in [1.165, 1.54) is 11.1 Å². The summed E-state index contributed by atoms with van der Waals surface area (Å²) in [7, 11) is 0. The van der Waals surface area contributed by atoms with Crippen molar-refractivity contribution in [2.75, 3.05) is 11.4 Å². The van der Waals surface area contributed by atoms with E-state index in [0.29, 0.717) is 5.65 Å². The van der Waals surface area contributed by atoms with E-state index in [1.807, 2.05) is 0 Å². The molecular weight excluding hydrogens is 250 g/mol. The van der Waals surface area contributed by atoms with Gasteiger partial charge in [-0.05, 0) is 17.5 Å². The van der Waals surface area contributed by atoms with E-state index in [1.54, 1.807) is 18.7 Å². The van der Waals surface area contributed by atoms with Crippen molar-refractivity contribution in [2.45, 2.75) is 13.0 Å². The van der Waals surface area contributed by atoms with Gasteiger partial charge in [0, 0.05) is 25.5 Å². The third-order valence-corrected chi connectivity index (χ3v) is 3.68. The molecule has 0 unspecified atom stereocenters. The quantitative estimate of drug-likeness (QED) is 0.672. The molecule has 5 heteroatoms. The van der Waals surface area contributed by atoms with Gasteiger partial charge in [0.2, 0.25) is 0 Å². The first-order valence-corrected chi connectivity index (χ1v) is 6.65. The second-order valence-electron chi connectivity index (χ2n) is 4.87. The second-order valence-corrected chi connectivity index (χ2v) is 4.87. The molecule has 0 atom stereocenters. The first-order chi connectivity index (χ1) is 9.92. The monoisotopic (exact) mass is 263 g/mol. The Kier molecular flexibility index (Phi) is 2.55. The van der Waals surface area contributed by atoms with Crippen LogP contribution in [0.2, 0.25) is 0 Å². The summed E-state index contributed by atoms with van der Waals surface area (Å²) in [5.74, 6) is 0.873. The van der Waals surface area contributed by atoms with Crippen LogP contribution in [0, 0.1) is 0 Å². The summed E-state index contributed by atoms with van der Waals surface area (Å²) in [6.45, 7) is 1.80. The molecule has 1 aromatic carbocycles. The van der Waals surface area contributed by atoms with Crippen molar-refractivity contribution < 1.29 is 0 Å². The number of aromatic nitrogens is 4. The van der Waals surface area contributed by atoms with Crippen LogP contribution in [0.4, 0.5) is 5.82 Å². The van der Waals surface area contributed by atoms with E-state index < -0.39 is 0 Å². The smallest absolute Gasteiger partial charge is 0.183 e. The van der Waals surface area contributed by atoms with Crippen molar-refractivity contribution in [1.29, 1.82) is 0 Å². The fraction of sp³-hybridized carbons (Fsp3) is 0.200. The zero-order valence-electron chi connectivity index (χ0n) is 10.9. The van der Waals surface area contributed by atoms with E-state index in [9.17, 15) is 0 Å². The highest BCUT2D eigenvalue weighted by atomic mass is 15.2. The first-order valence-electron chi connectivity index (χ1n) is 6.65. The maximum Gasteiger partial charge on any atom is 0.183 e. The number of hydrogen-bond donors (Lipinski definition) is 0. The zero-order chi connectivity index (χ0) is 13.4. The third kappa shape index (κ3) is 1.79. The molecule has 2 aromatic heterocycles. The summed E-state index contributed by atoms with van der Waals surface area (Å²) < 4.78 is 0. The van der Waals surface area contributed by atoms with E-state index >= 15 is 0 Å². The molecule has 0 amide bonds. The fourth-order valence-corrected chi connectivity index (χ4v) is 2.69. The predicted molar refractivity (Wildman–Crippen MR) is 76.3 cm³/mol. The van der Waals surface area contributed by atoms with E-state index in [-0.39, 0.29) is 0 Å². The molecule has 3 heterocycles. The third-order valence-electron chi connectivity index (χ3n) is 3.68. The summed E-state index contributed by atoms with van der Waals surface area (Å²) in [6, 6.07) is 8.56. The van der Waals surface area contributed by atoms with Gasteiger partial charge in [-0.15, -0.1) is 0 Å². The van der Waals surface area contributed by atoms with E-state index in [4.69, 9.17) is 0 Å². The van der Waals surface area contributed by atoms with Crippen molar-refractivity contribution in [3.8, 4) is 0 Å². The van der Waals surface area contributed by atoms with E-state index in [0.717, 1.165) is 30.8 Å². The minimum absolute atomic E-state index is 0.649. The van der Waals surface area contributed by atoms with Crippen LogP contribution in [0.15, 0.2) is 43.0 Å². The van der Waals surface area contributed by atoms with Gasteiger partial charge < -0.3 is 4.90 Å². The van der Waals surface area contributed by atoms with Crippen molar-refractivity contribution in [3.05, 3.63) is 54.1 Å². The maximum atomic E-state index is 4.42. The largest absolute Gasteiger partial charge is 0.350 e. The van der Waals surface area contributed by atoms with Gasteiger partial charge in [-0.3, -0.25) is 0 Å². The highest BCUT2D eigenvalue weighted by Crippen LogP contribution is 2.26. The molecule has 0 radical (unpaired) electrons. The number of nitrogens with zero attached hydrogens (tertiary/aromatic N) is 5. The Balaban J connectivity index is 1.78. The molecule has 4 rings (SSSR count). The van der Waals surface area contributed by atoms with Gasteiger partial charge in [-0.2, -0.15) is 0 Å². The maximum absolute atomic E-state index is 4.42. The summed E-state index contributed by atoms with van der Waals surface area (Å²) in [6.07, 6.45) is 5.94. The number of rotatable bonds is 1. The lowest BCUT2D eigenvalue weighted by atomic mass is 10.00. The molecule has 3 aromatic rings. The van der Waals surface area contributed by atoms with Crippen molar-refractivity contribution >= 4 is 17.0 Å². The van der Waals surface area contributed by atoms with Crippen LogP contribution in [0.1, 0.15) is 11.1 Å². The van der Waals surface area contributed by atoms with Gasteiger partial charge in [0.25, 0.3) is 0 Å². The highest BCUT2D eigenvalue weighted by molar-refractivity contribution is 5.82. The average Bonchev–Trinajstić information content (AvgIpc) is 2.54. The Morgan fingerprint density at radius 3 is 2.70 bits per heavy atom. The predicted octanol–water partition coefficient (Wildman–Crippen LogP) is 1.98. The standard InChI is InChI=1S/C15H13N5/c1-2-4-12-9-20(8-5-11(12)3-1)15-13-14(18-10-19-15)17-7-6-16-13/h1-4,6-7,10H,5,8-9H2. The van der Waals surface area contributed by atoms with Crippen LogP contribution in [-0.2, 0) is 13.0 Å². The summed E-state index contributed by atoms with van der Waals surface area (Å²) in [4.78, 5) is 19.5. The molecule has 20 heavy (non-hydrogen) atoms. The molecule has 0 aliphatic carbocycles. The Hall–Kier alpha value is -2.56. The lowest BCUT2D eigenvalue weighted by molar-refractivity contribution is 0.722. The van der Waals surface area contributed by atoms with Gasteiger partial charge in [0.15, 0.2) is 17.0 Å². The molecular formula is C15H13N5. The molecule has 5 nitrogen and oxygen atoms in total.